The molecule has 0 bridgehead atoms. The molecule has 0 amide bonds. The fraction of sp³-hybridized carbons (Fsp3) is 0.571. The molecule has 0 spiro atoms. The maximum Gasteiger partial charge on any atom is 0.119 e. The summed E-state index contributed by atoms with van der Waals surface area (Å²) in [5, 5.41) is 3.40. The zero-order valence-electron chi connectivity index (χ0n) is 10.0. The van der Waals surface area contributed by atoms with Gasteiger partial charge in [0, 0.05) is 0 Å². The minimum Gasteiger partial charge on any atom is -0.494 e. The first-order chi connectivity index (χ1) is 7.84. The van der Waals surface area contributed by atoms with E-state index < -0.39 is 0 Å². The molecular formula is C14H21NO. The van der Waals surface area contributed by atoms with E-state index in [2.05, 4.69) is 24.4 Å². The van der Waals surface area contributed by atoms with Gasteiger partial charge in [-0.1, -0.05) is 17.7 Å². The molecule has 0 aromatic heterocycles. The summed E-state index contributed by atoms with van der Waals surface area (Å²) in [5.74, 6) is 1.87. The zero-order valence-corrected chi connectivity index (χ0v) is 10.0. The summed E-state index contributed by atoms with van der Waals surface area (Å²) in [4.78, 5) is 0. The summed E-state index contributed by atoms with van der Waals surface area (Å²) >= 11 is 0. The number of rotatable bonds is 5. The third-order valence-electron chi connectivity index (χ3n) is 3.21. The molecule has 2 rings (SSSR count). The van der Waals surface area contributed by atoms with Gasteiger partial charge in [0.2, 0.25) is 0 Å². The van der Waals surface area contributed by atoms with Crippen molar-refractivity contribution in [3.63, 3.8) is 0 Å². The number of aryl methyl sites for hydroxylation is 1. The molecular weight excluding hydrogens is 198 g/mol. The van der Waals surface area contributed by atoms with Crippen LogP contribution in [0.4, 0.5) is 0 Å². The van der Waals surface area contributed by atoms with Crippen molar-refractivity contribution in [3.8, 4) is 5.75 Å². The quantitative estimate of drug-likeness (QED) is 0.769. The van der Waals surface area contributed by atoms with E-state index in [1.165, 1.54) is 37.9 Å². The van der Waals surface area contributed by atoms with Gasteiger partial charge in [-0.3, -0.25) is 0 Å². The first kappa shape index (κ1) is 11.5. The average Bonchev–Trinajstić information content (AvgIpc) is 2.80. The van der Waals surface area contributed by atoms with Gasteiger partial charge in [-0.25, -0.2) is 0 Å². The second-order valence-corrected chi connectivity index (χ2v) is 4.66. The fourth-order valence-electron chi connectivity index (χ4n) is 2.16. The van der Waals surface area contributed by atoms with Crippen LogP contribution in [0.25, 0.3) is 0 Å². The van der Waals surface area contributed by atoms with Gasteiger partial charge in [0.15, 0.2) is 0 Å². The molecule has 0 radical (unpaired) electrons. The molecule has 1 N–H and O–H groups in total. The summed E-state index contributed by atoms with van der Waals surface area (Å²) in [6, 6.07) is 8.28. The van der Waals surface area contributed by atoms with Crippen molar-refractivity contribution in [2.75, 3.05) is 19.7 Å². The Morgan fingerprint density at radius 1 is 1.31 bits per heavy atom. The van der Waals surface area contributed by atoms with E-state index in [0.717, 1.165) is 18.3 Å². The SMILES string of the molecule is Cc1ccc(OCCCC2CCNC2)cc1. The second-order valence-electron chi connectivity index (χ2n) is 4.66. The van der Waals surface area contributed by atoms with Crippen LogP contribution in [0.2, 0.25) is 0 Å². The van der Waals surface area contributed by atoms with Gasteiger partial charge in [0.05, 0.1) is 6.61 Å². The van der Waals surface area contributed by atoms with Crippen LogP contribution < -0.4 is 10.1 Å². The Bertz CT molecular complexity index is 301. The summed E-state index contributed by atoms with van der Waals surface area (Å²) in [5.41, 5.74) is 1.28. The van der Waals surface area contributed by atoms with Gasteiger partial charge in [-0.15, -0.1) is 0 Å². The summed E-state index contributed by atoms with van der Waals surface area (Å²) in [6.07, 6.45) is 3.80. The maximum atomic E-state index is 5.70. The molecule has 1 aromatic carbocycles. The number of nitrogens with one attached hydrogen (secondary N) is 1. The Balaban J connectivity index is 1.62. The predicted octanol–water partition coefficient (Wildman–Crippen LogP) is 2.76. The van der Waals surface area contributed by atoms with Crippen molar-refractivity contribution < 1.29 is 4.74 Å². The van der Waals surface area contributed by atoms with Crippen LogP contribution in [-0.4, -0.2) is 19.7 Å². The number of hydrogen-bond acceptors (Lipinski definition) is 2. The Kier molecular flexibility index (Phi) is 4.23. The van der Waals surface area contributed by atoms with Gasteiger partial charge >= 0.3 is 0 Å². The van der Waals surface area contributed by atoms with Gasteiger partial charge in [0.1, 0.15) is 5.75 Å². The van der Waals surface area contributed by atoms with Crippen molar-refractivity contribution in [1.29, 1.82) is 0 Å². The second kappa shape index (κ2) is 5.90. The lowest BCUT2D eigenvalue weighted by Crippen LogP contribution is -2.09. The average molecular weight is 219 g/mol. The minimum absolute atomic E-state index is 0.847. The van der Waals surface area contributed by atoms with Gasteiger partial charge in [-0.05, 0) is 57.3 Å². The van der Waals surface area contributed by atoms with Crippen LogP contribution >= 0.6 is 0 Å². The van der Waals surface area contributed by atoms with E-state index in [0.29, 0.717) is 0 Å². The van der Waals surface area contributed by atoms with E-state index >= 15 is 0 Å². The number of benzene rings is 1. The molecule has 0 aliphatic carbocycles. The van der Waals surface area contributed by atoms with E-state index in [4.69, 9.17) is 4.74 Å². The van der Waals surface area contributed by atoms with Gasteiger partial charge in [-0.2, -0.15) is 0 Å². The highest BCUT2D eigenvalue weighted by Gasteiger charge is 2.13. The lowest BCUT2D eigenvalue weighted by molar-refractivity contribution is 0.295. The molecule has 1 saturated heterocycles. The molecule has 0 saturated carbocycles. The monoisotopic (exact) mass is 219 g/mol. The number of ether oxygens (including phenoxy) is 1. The smallest absolute Gasteiger partial charge is 0.119 e. The Morgan fingerprint density at radius 3 is 2.81 bits per heavy atom. The molecule has 1 aliphatic rings. The van der Waals surface area contributed by atoms with Crippen LogP contribution in [0, 0.1) is 12.8 Å². The third-order valence-corrected chi connectivity index (χ3v) is 3.21. The summed E-state index contributed by atoms with van der Waals surface area (Å²) < 4.78 is 5.70. The summed E-state index contributed by atoms with van der Waals surface area (Å²) in [6.45, 7) is 5.34. The van der Waals surface area contributed by atoms with E-state index in [1.807, 2.05) is 12.1 Å². The lowest BCUT2D eigenvalue weighted by atomic mass is 10.0. The Labute approximate surface area is 98.0 Å². The zero-order chi connectivity index (χ0) is 11.2. The molecule has 88 valence electrons. The Hall–Kier alpha value is -1.02. The first-order valence-electron chi connectivity index (χ1n) is 6.25. The molecule has 1 unspecified atom stereocenters. The van der Waals surface area contributed by atoms with Crippen LogP contribution in [0.5, 0.6) is 5.75 Å². The minimum atomic E-state index is 0.847. The van der Waals surface area contributed by atoms with Gasteiger partial charge < -0.3 is 10.1 Å². The van der Waals surface area contributed by atoms with Crippen molar-refractivity contribution in [2.24, 2.45) is 5.92 Å². The highest BCUT2D eigenvalue weighted by atomic mass is 16.5. The molecule has 2 nitrogen and oxygen atoms in total. The van der Waals surface area contributed by atoms with E-state index in [-0.39, 0.29) is 0 Å². The van der Waals surface area contributed by atoms with Crippen LogP contribution in [0.3, 0.4) is 0 Å². The molecule has 1 aromatic rings. The molecule has 2 heteroatoms. The molecule has 1 fully saturated rings. The van der Waals surface area contributed by atoms with E-state index in [9.17, 15) is 0 Å². The van der Waals surface area contributed by atoms with E-state index in [1.54, 1.807) is 0 Å². The number of hydrogen-bond donors (Lipinski definition) is 1. The third kappa shape index (κ3) is 3.53. The molecule has 1 aliphatic heterocycles. The van der Waals surface area contributed by atoms with Crippen molar-refractivity contribution in [1.82, 2.24) is 5.32 Å². The van der Waals surface area contributed by atoms with Crippen molar-refractivity contribution in [3.05, 3.63) is 29.8 Å². The van der Waals surface area contributed by atoms with Crippen molar-refractivity contribution in [2.45, 2.75) is 26.2 Å². The largest absolute Gasteiger partial charge is 0.494 e. The normalized spacial score (nSPS) is 19.9. The van der Waals surface area contributed by atoms with Crippen LogP contribution in [-0.2, 0) is 0 Å². The highest BCUT2D eigenvalue weighted by molar-refractivity contribution is 5.26. The maximum absolute atomic E-state index is 5.70. The summed E-state index contributed by atoms with van der Waals surface area (Å²) in [7, 11) is 0. The van der Waals surface area contributed by atoms with Crippen molar-refractivity contribution >= 4 is 0 Å². The fourth-order valence-corrected chi connectivity index (χ4v) is 2.16. The molecule has 1 heterocycles. The molecule has 16 heavy (non-hydrogen) atoms. The Morgan fingerprint density at radius 2 is 2.12 bits per heavy atom. The topological polar surface area (TPSA) is 21.3 Å². The van der Waals surface area contributed by atoms with Crippen LogP contribution in [0.1, 0.15) is 24.8 Å². The lowest BCUT2D eigenvalue weighted by Gasteiger charge is -2.09. The first-order valence-corrected chi connectivity index (χ1v) is 6.25. The van der Waals surface area contributed by atoms with Gasteiger partial charge in [0.25, 0.3) is 0 Å². The predicted molar refractivity (Wildman–Crippen MR) is 66.9 cm³/mol. The standard InChI is InChI=1S/C14H21NO/c1-12-4-6-14(7-5-12)16-10-2-3-13-8-9-15-11-13/h4-7,13,15H,2-3,8-11H2,1H3. The highest BCUT2D eigenvalue weighted by Crippen LogP contribution is 2.16. The molecule has 1 atom stereocenters. The van der Waals surface area contributed by atoms with Crippen LogP contribution in [0.15, 0.2) is 24.3 Å².